The average molecular weight is 490 g/mol. The van der Waals surface area contributed by atoms with Crippen LogP contribution in [-0.4, -0.2) is 29.1 Å². The molecule has 12 nitrogen and oxygen atoms in total. The van der Waals surface area contributed by atoms with Gasteiger partial charge in [0.15, 0.2) is 17.3 Å². The van der Waals surface area contributed by atoms with Gasteiger partial charge in [0.25, 0.3) is 11.4 Å². The normalized spacial score (nSPS) is 10.9. The summed E-state index contributed by atoms with van der Waals surface area (Å²) in [7, 11) is 1.39. The van der Waals surface area contributed by atoms with Gasteiger partial charge in [0.05, 0.1) is 34.8 Å². The van der Waals surface area contributed by atoms with E-state index in [9.17, 15) is 25.0 Å². The molecule has 0 bridgehead atoms. The third kappa shape index (κ3) is 5.28. The van der Waals surface area contributed by atoms with E-state index in [0.717, 1.165) is 11.8 Å². The number of nitrogens with one attached hydrogen (secondary N) is 1. The number of ether oxygens (including phenoxy) is 2. The molecule has 0 aliphatic heterocycles. The first-order valence-electron chi connectivity index (χ1n) is 10.4. The number of nitro benzene ring substituents is 2. The SMILES string of the molecule is COc1cc(/C=N/NC(=O)c2cc3cc([N+](=O)[O-])ccc3o2)c([N+](=O)[O-])cc1OCc1ccccc1. The van der Waals surface area contributed by atoms with E-state index in [1.165, 1.54) is 43.5 Å². The van der Waals surface area contributed by atoms with Gasteiger partial charge in [0, 0.05) is 17.5 Å². The van der Waals surface area contributed by atoms with E-state index >= 15 is 0 Å². The molecule has 0 aliphatic rings. The van der Waals surface area contributed by atoms with Crippen molar-refractivity contribution in [3.63, 3.8) is 0 Å². The summed E-state index contributed by atoms with van der Waals surface area (Å²) in [6, 6.07) is 17.1. The largest absolute Gasteiger partial charge is 0.493 e. The highest BCUT2D eigenvalue weighted by molar-refractivity contribution is 5.97. The van der Waals surface area contributed by atoms with Crippen molar-refractivity contribution in [1.82, 2.24) is 5.43 Å². The molecule has 3 aromatic carbocycles. The molecule has 1 heterocycles. The molecule has 0 atom stereocenters. The molecule has 0 saturated heterocycles. The third-order valence-corrected chi connectivity index (χ3v) is 5.05. The number of non-ortho nitro benzene ring substituents is 1. The van der Waals surface area contributed by atoms with Crippen molar-refractivity contribution in [2.45, 2.75) is 6.61 Å². The highest BCUT2D eigenvalue weighted by Gasteiger charge is 2.20. The van der Waals surface area contributed by atoms with Gasteiger partial charge < -0.3 is 13.9 Å². The van der Waals surface area contributed by atoms with Crippen LogP contribution in [0, 0.1) is 20.2 Å². The molecule has 36 heavy (non-hydrogen) atoms. The number of furan rings is 1. The van der Waals surface area contributed by atoms with Crippen LogP contribution < -0.4 is 14.9 Å². The first-order chi connectivity index (χ1) is 17.4. The number of carbonyl (C=O) groups excluding carboxylic acids is 1. The zero-order chi connectivity index (χ0) is 25.7. The average Bonchev–Trinajstić information content (AvgIpc) is 3.31. The molecule has 4 aromatic rings. The number of nitrogens with zero attached hydrogens (tertiary/aromatic N) is 3. The van der Waals surface area contributed by atoms with E-state index < -0.39 is 15.8 Å². The van der Waals surface area contributed by atoms with Crippen LogP contribution in [0.4, 0.5) is 11.4 Å². The summed E-state index contributed by atoms with van der Waals surface area (Å²) < 4.78 is 16.4. The summed E-state index contributed by atoms with van der Waals surface area (Å²) in [5.74, 6) is -0.476. The quantitative estimate of drug-likeness (QED) is 0.202. The number of hydrazone groups is 1. The Balaban J connectivity index is 1.52. The molecule has 0 fully saturated rings. The molecule has 1 amide bonds. The van der Waals surface area contributed by atoms with Crippen molar-refractivity contribution in [2.24, 2.45) is 5.10 Å². The summed E-state index contributed by atoms with van der Waals surface area (Å²) in [6.07, 6.45) is 1.09. The van der Waals surface area contributed by atoms with Crippen LogP contribution in [0.3, 0.4) is 0 Å². The Bertz CT molecular complexity index is 1480. The van der Waals surface area contributed by atoms with Crippen LogP contribution in [0.15, 0.2) is 76.2 Å². The van der Waals surface area contributed by atoms with Gasteiger partial charge in [0.2, 0.25) is 0 Å². The monoisotopic (exact) mass is 490 g/mol. The van der Waals surface area contributed by atoms with Gasteiger partial charge in [-0.15, -0.1) is 0 Å². The first kappa shape index (κ1) is 23.9. The predicted molar refractivity (Wildman–Crippen MR) is 128 cm³/mol. The molecular weight excluding hydrogens is 472 g/mol. The standard InChI is InChI=1S/C24H18N4O8/c1-34-21-11-17(19(28(32)33)12-22(21)35-14-15-5-3-2-4-6-15)13-25-26-24(29)23-10-16-9-18(27(30)31)7-8-20(16)36-23/h2-13H,14H2,1H3,(H,26,29)/b25-13+. The lowest BCUT2D eigenvalue weighted by Crippen LogP contribution is -2.16. The smallest absolute Gasteiger partial charge is 0.307 e. The zero-order valence-corrected chi connectivity index (χ0v) is 18.7. The molecule has 182 valence electrons. The number of hydrogen-bond donors (Lipinski definition) is 1. The van der Waals surface area contributed by atoms with Crippen molar-refractivity contribution in [3.8, 4) is 11.5 Å². The third-order valence-electron chi connectivity index (χ3n) is 5.05. The fraction of sp³-hybridized carbons (Fsp3) is 0.0833. The van der Waals surface area contributed by atoms with Crippen molar-refractivity contribution in [2.75, 3.05) is 7.11 Å². The lowest BCUT2D eigenvalue weighted by molar-refractivity contribution is -0.385. The Morgan fingerprint density at radius 2 is 1.81 bits per heavy atom. The summed E-state index contributed by atoms with van der Waals surface area (Å²) in [5.41, 5.74) is 2.97. The molecule has 0 spiro atoms. The Morgan fingerprint density at radius 3 is 2.50 bits per heavy atom. The Hall–Kier alpha value is -5.26. The first-order valence-corrected chi connectivity index (χ1v) is 10.4. The maximum atomic E-state index is 12.4. The second-order valence-electron chi connectivity index (χ2n) is 7.38. The number of hydrogen-bond acceptors (Lipinski definition) is 9. The van der Waals surface area contributed by atoms with Crippen molar-refractivity contribution in [3.05, 3.63) is 104 Å². The lowest BCUT2D eigenvalue weighted by Gasteiger charge is -2.12. The van der Waals surface area contributed by atoms with Crippen LogP contribution in [0.25, 0.3) is 11.0 Å². The second-order valence-corrected chi connectivity index (χ2v) is 7.38. The summed E-state index contributed by atoms with van der Waals surface area (Å²) in [4.78, 5) is 33.8. The van der Waals surface area contributed by atoms with Gasteiger partial charge in [-0.05, 0) is 23.8 Å². The Labute approximate surface area is 203 Å². The summed E-state index contributed by atoms with van der Waals surface area (Å²) in [5, 5.41) is 26.7. The number of methoxy groups -OCH3 is 1. The number of benzene rings is 3. The number of fused-ring (bicyclic) bond motifs is 1. The summed E-state index contributed by atoms with van der Waals surface area (Å²) >= 11 is 0. The van der Waals surface area contributed by atoms with Gasteiger partial charge in [-0.2, -0.15) is 5.10 Å². The molecule has 1 aromatic heterocycles. The highest BCUT2D eigenvalue weighted by Crippen LogP contribution is 2.34. The Morgan fingerprint density at radius 1 is 1.03 bits per heavy atom. The second kappa shape index (κ2) is 10.3. The maximum Gasteiger partial charge on any atom is 0.307 e. The molecule has 0 saturated carbocycles. The zero-order valence-electron chi connectivity index (χ0n) is 18.7. The van der Waals surface area contributed by atoms with Gasteiger partial charge >= 0.3 is 5.91 Å². The number of nitro groups is 2. The van der Waals surface area contributed by atoms with Crippen LogP contribution in [-0.2, 0) is 6.61 Å². The van der Waals surface area contributed by atoms with Crippen molar-refractivity contribution < 1.29 is 28.5 Å². The van der Waals surface area contributed by atoms with E-state index in [-0.39, 0.29) is 46.4 Å². The molecule has 12 heteroatoms. The van der Waals surface area contributed by atoms with E-state index in [1.54, 1.807) is 0 Å². The highest BCUT2D eigenvalue weighted by atomic mass is 16.6. The fourth-order valence-corrected chi connectivity index (χ4v) is 3.31. The topological polar surface area (TPSA) is 159 Å². The van der Waals surface area contributed by atoms with E-state index in [2.05, 4.69) is 10.5 Å². The lowest BCUT2D eigenvalue weighted by atomic mass is 10.1. The fourth-order valence-electron chi connectivity index (χ4n) is 3.31. The minimum absolute atomic E-state index is 0.0597. The van der Waals surface area contributed by atoms with Crippen LogP contribution >= 0.6 is 0 Å². The van der Waals surface area contributed by atoms with Crippen molar-refractivity contribution >= 4 is 34.5 Å². The van der Waals surface area contributed by atoms with E-state index in [4.69, 9.17) is 13.9 Å². The predicted octanol–water partition coefficient (Wildman–Crippen LogP) is 4.60. The van der Waals surface area contributed by atoms with Crippen LogP contribution in [0.5, 0.6) is 11.5 Å². The molecule has 0 aliphatic carbocycles. The van der Waals surface area contributed by atoms with Gasteiger partial charge in [-0.1, -0.05) is 30.3 Å². The van der Waals surface area contributed by atoms with E-state index in [1.807, 2.05) is 30.3 Å². The van der Waals surface area contributed by atoms with Gasteiger partial charge in [-0.25, -0.2) is 5.43 Å². The maximum absolute atomic E-state index is 12.4. The van der Waals surface area contributed by atoms with Crippen LogP contribution in [0.2, 0.25) is 0 Å². The molecule has 4 rings (SSSR count). The molecule has 1 N–H and O–H groups in total. The van der Waals surface area contributed by atoms with Crippen molar-refractivity contribution in [1.29, 1.82) is 0 Å². The minimum Gasteiger partial charge on any atom is -0.493 e. The number of rotatable bonds is 9. The summed E-state index contributed by atoms with van der Waals surface area (Å²) in [6.45, 7) is 0.179. The Kier molecular flexibility index (Phi) is 6.86. The molecule has 0 radical (unpaired) electrons. The number of amides is 1. The minimum atomic E-state index is -0.748. The van der Waals surface area contributed by atoms with Crippen LogP contribution in [0.1, 0.15) is 21.7 Å². The van der Waals surface area contributed by atoms with Gasteiger partial charge in [-0.3, -0.25) is 25.0 Å². The van der Waals surface area contributed by atoms with Gasteiger partial charge in [0.1, 0.15) is 12.2 Å². The molecule has 0 unspecified atom stereocenters. The molecular formula is C24H18N4O8. The van der Waals surface area contributed by atoms with E-state index in [0.29, 0.717) is 5.39 Å². The number of carbonyl (C=O) groups is 1.